The number of halogens is 5. The summed E-state index contributed by atoms with van der Waals surface area (Å²) in [5.74, 6) is -0.0929. The SMILES string of the molecule is CC(Cc1cc(Cl)cc(C(C)(C)C)c1)c1ccc(Cl)c(C(F)(F)F)c1. The van der Waals surface area contributed by atoms with Crippen LogP contribution >= 0.6 is 23.2 Å². The topological polar surface area (TPSA) is 0 Å². The molecule has 1 unspecified atom stereocenters. The van der Waals surface area contributed by atoms with Gasteiger partial charge in [-0.3, -0.25) is 0 Å². The molecule has 2 rings (SSSR count). The molecule has 0 aliphatic heterocycles. The summed E-state index contributed by atoms with van der Waals surface area (Å²) in [6, 6.07) is 9.98. The summed E-state index contributed by atoms with van der Waals surface area (Å²) in [7, 11) is 0. The minimum atomic E-state index is -4.46. The molecule has 0 nitrogen and oxygen atoms in total. The molecular formula is C20H21Cl2F3. The van der Waals surface area contributed by atoms with E-state index in [1.807, 2.05) is 19.1 Å². The van der Waals surface area contributed by atoms with Gasteiger partial charge in [-0.05, 0) is 58.7 Å². The van der Waals surface area contributed by atoms with Crippen molar-refractivity contribution in [3.63, 3.8) is 0 Å². The fourth-order valence-electron chi connectivity index (χ4n) is 2.74. The molecule has 0 aromatic heterocycles. The smallest absolute Gasteiger partial charge is 0.166 e. The summed E-state index contributed by atoms with van der Waals surface area (Å²) < 4.78 is 39.2. The maximum atomic E-state index is 13.1. The number of alkyl halides is 3. The van der Waals surface area contributed by atoms with Crippen molar-refractivity contribution >= 4 is 23.2 Å². The van der Waals surface area contributed by atoms with Crippen LogP contribution in [-0.4, -0.2) is 0 Å². The van der Waals surface area contributed by atoms with Gasteiger partial charge in [0.2, 0.25) is 0 Å². The van der Waals surface area contributed by atoms with E-state index in [1.54, 1.807) is 6.07 Å². The van der Waals surface area contributed by atoms with Crippen molar-refractivity contribution in [2.75, 3.05) is 0 Å². The highest BCUT2D eigenvalue weighted by Gasteiger charge is 2.33. The molecule has 0 spiro atoms. The summed E-state index contributed by atoms with van der Waals surface area (Å²) in [6.07, 6.45) is -3.86. The fourth-order valence-corrected chi connectivity index (χ4v) is 3.22. The number of hydrogen-bond acceptors (Lipinski definition) is 0. The first kappa shape index (κ1) is 20.1. The predicted octanol–water partition coefficient (Wildman–Crippen LogP) is 7.66. The van der Waals surface area contributed by atoms with Crippen LogP contribution in [0.3, 0.4) is 0 Å². The third-order valence-corrected chi connectivity index (χ3v) is 4.78. The van der Waals surface area contributed by atoms with Crippen molar-refractivity contribution in [1.82, 2.24) is 0 Å². The average molecular weight is 389 g/mol. The molecule has 0 radical (unpaired) electrons. The third-order valence-electron chi connectivity index (χ3n) is 4.23. The van der Waals surface area contributed by atoms with Gasteiger partial charge in [0.1, 0.15) is 0 Å². The van der Waals surface area contributed by atoms with Crippen LogP contribution in [0.15, 0.2) is 36.4 Å². The van der Waals surface area contributed by atoms with Crippen molar-refractivity contribution in [2.24, 2.45) is 0 Å². The lowest BCUT2D eigenvalue weighted by Gasteiger charge is -2.21. The largest absolute Gasteiger partial charge is 0.417 e. The monoisotopic (exact) mass is 388 g/mol. The second kappa shape index (κ2) is 7.20. The second-order valence-electron chi connectivity index (χ2n) is 7.44. The van der Waals surface area contributed by atoms with E-state index in [2.05, 4.69) is 26.8 Å². The number of hydrogen-bond donors (Lipinski definition) is 0. The highest BCUT2D eigenvalue weighted by Crippen LogP contribution is 2.37. The zero-order valence-electron chi connectivity index (χ0n) is 14.6. The van der Waals surface area contributed by atoms with E-state index in [0.717, 1.165) is 17.2 Å². The first-order valence-corrected chi connectivity index (χ1v) is 8.80. The summed E-state index contributed by atoms with van der Waals surface area (Å²) in [5, 5.41) is 0.364. The molecule has 0 heterocycles. The van der Waals surface area contributed by atoms with Gasteiger partial charge >= 0.3 is 6.18 Å². The van der Waals surface area contributed by atoms with Crippen LogP contribution in [0.2, 0.25) is 10.0 Å². The van der Waals surface area contributed by atoms with Crippen LogP contribution in [0.25, 0.3) is 0 Å². The fraction of sp³-hybridized carbons (Fsp3) is 0.400. The lowest BCUT2D eigenvalue weighted by molar-refractivity contribution is -0.137. The normalized spacial score (nSPS) is 13.8. The molecule has 25 heavy (non-hydrogen) atoms. The zero-order valence-corrected chi connectivity index (χ0v) is 16.2. The Morgan fingerprint density at radius 3 is 2.16 bits per heavy atom. The zero-order chi connectivity index (χ0) is 19.0. The maximum absolute atomic E-state index is 13.1. The Morgan fingerprint density at radius 2 is 1.60 bits per heavy atom. The van der Waals surface area contributed by atoms with Crippen LogP contribution in [0.4, 0.5) is 13.2 Å². The molecule has 0 N–H and O–H groups in total. The highest BCUT2D eigenvalue weighted by atomic mass is 35.5. The number of rotatable bonds is 3. The molecule has 5 heteroatoms. The van der Waals surface area contributed by atoms with Crippen molar-refractivity contribution in [3.8, 4) is 0 Å². The third kappa shape index (κ3) is 5.15. The Morgan fingerprint density at radius 1 is 0.960 bits per heavy atom. The molecule has 0 bridgehead atoms. The van der Waals surface area contributed by atoms with E-state index < -0.39 is 11.7 Å². The van der Waals surface area contributed by atoms with Gasteiger partial charge in [-0.1, -0.05) is 63.0 Å². The van der Waals surface area contributed by atoms with Crippen LogP contribution in [-0.2, 0) is 18.0 Å². The summed E-state index contributed by atoms with van der Waals surface area (Å²) >= 11 is 11.9. The van der Waals surface area contributed by atoms with Crippen LogP contribution in [0, 0.1) is 0 Å². The van der Waals surface area contributed by atoms with E-state index >= 15 is 0 Å². The van der Waals surface area contributed by atoms with Crippen LogP contribution in [0.1, 0.15) is 55.9 Å². The van der Waals surface area contributed by atoms with Crippen molar-refractivity contribution in [1.29, 1.82) is 0 Å². The van der Waals surface area contributed by atoms with Gasteiger partial charge < -0.3 is 0 Å². The van der Waals surface area contributed by atoms with Gasteiger partial charge in [0.05, 0.1) is 10.6 Å². The van der Waals surface area contributed by atoms with Gasteiger partial charge in [-0.25, -0.2) is 0 Å². The molecule has 1 atom stereocenters. The standard InChI is InChI=1S/C20H21Cl2F3/c1-12(14-5-6-18(22)17(10-14)20(23,24)25)7-13-8-15(19(2,3)4)11-16(21)9-13/h5-6,8-12H,7H2,1-4H3. The Hall–Kier alpha value is -1.19. The van der Waals surface area contributed by atoms with Gasteiger partial charge in [0.15, 0.2) is 0 Å². The predicted molar refractivity (Wildman–Crippen MR) is 98.7 cm³/mol. The van der Waals surface area contributed by atoms with E-state index in [0.29, 0.717) is 17.0 Å². The maximum Gasteiger partial charge on any atom is 0.417 e. The molecule has 0 amide bonds. The Kier molecular flexibility index (Phi) is 5.80. The summed E-state index contributed by atoms with van der Waals surface area (Å²) in [5.41, 5.74) is 1.88. The lowest BCUT2D eigenvalue weighted by Crippen LogP contribution is -2.12. The first-order valence-electron chi connectivity index (χ1n) is 8.04. The summed E-state index contributed by atoms with van der Waals surface area (Å²) in [6.45, 7) is 8.20. The average Bonchev–Trinajstić information content (AvgIpc) is 2.44. The van der Waals surface area contributed by atoms with Gasteiger partial charge in [-0.2, -0.15) is 13.2 Å². The van der Waals surface area contributed by atoms with Crippen LogP contribution < -0.4 is 0 Å². The second-order valence-corrected chi connectivity index (χ2v) is 8.28. The minimum absolute atomic E-state index is 0.0490. The summed E-state index contributed by atoms with van der Waals surface area (Å²) in [4.78, 5) is 0. The van der Waals surface area contributed by atoms with Crippen LogP contribution in [0.5, 0.6) is 0 Å². The highest BCUT2D eigenvalue weighted by molar-refractivity contribution is 6.31. The van der Waals surface area contributed by atoms with Crippen molar-refractivity contribution < 1.29 is 13.2 Å². The molecule has 0 saturated heterocycles. The molecule has 136 valence electrons. The molecule has 0 saturated carbocycles. The van der Waals surface area contributed by atoms with E-state index in [4.69, 9.17) is 23.2 Å². The molecule has 0 aliphatic carbocycles. The van der Waals surface area contributed by atoms with E-state index in [-0.39, 0.29) is 16.4 Å². The Bertz CT molecular complexity index is 759. The molecule has 0 fully saturated rings. The lowest BCUT2D eigenvalue weighted by atomic mass is 9.84. The van der Waals surface area contributed by atoms with E-state index in [1.165, 1.54) is 6.07 Å². The number of benzene rings is 2. The first-order chi connectivity index (χ1) is 11.4. The van der Waals surface area contributed by atoms with Crippen molar-refractivity contribution in [3.05, 3.63) is 68.7 Å². The Labute approximate surface area is 157 Å². The van der Waals surface area contributed by atoms with Crippen molar-refractivity contribution in [2.45, 2.75) is 51.6 Å². The van der Waals surface area contributed by atoms with Gasteiger partial charge in [0, 0.05) is 5.02 Å². The molecule has 2 aromatic rings. The van der Waals surface area contributed by atoms with E-state index in [9.17, 15) is 13.2 Å². The quantitative estimate of drug-likeness (QED) is 0.506. The van der Waals surface area contributed by atoms with Gasteiger partial charge in [-0.15, -0.1) is 0 Å². The van der Waals surface area contributed by atoms with Gasteiger partial charge in [0.25, 0.3) is 0 Å². The Balaban J connectivity index is 2.32. The minimum Gasteiger partial charge on any atom is -0.166 e. The molecular weight excluding hydrogens is 368 g/mol. The molecule has 2 aromatic carbocycles. The molecule has 0 aliphatic rings.